The zero-order valence-electron chi connectivity index (χ0n) is 35.3. The summed E-state index contributed by atoms with van der Waals surface area (Å²) in [4.78, 5) is 14.5. The second kappa shape index (κ2) is 10.5. The molecule has 8 rings (SSSR count). The first-order valence-electron chi connectivity index (χ1n) is 19.8. The molecule has 0 aliphatic carbocycles. The summed E-state index contributed by atoms with van der Waals surface area (Å²) in [6.45, 7) is 0. The summed E-state index contributed by atoms with van der Waals surface area (Å²) in [6.07, 6.45) is 0. The fraction of sp³-hybridized carbons (Fsp3) is 0. The van der Waals surface area contributed by atoms with Crippen molar-refractivity contribution in [2.75, 3.05) is 0 Å². The minimum absolute atomic E-state index is 0.0126. The van der Waals surface area contributed by atoms with Crippen molar-refractivity contribution in [3.05, 3.63) is 157 Å². The highest BCUT2D eigenvalue weighted by atomic mass is 15.1. The van der Waals surface area contributed by atoms with E-state index in [2.05, 4.69) is 0 Å². The molecular formula is C39H26N4. The molecule has 0 spiro atoms. The SMILES string of the molecule is [2H]c1c([2H])c([2H])c(-c2ccc(-n3c4c([2H])c([2H])c([2H])c([2H])c4c4c([2H])c([2H])c([2H])c([2H])c43)c(-c3nc(-c4ccccc4)nc(-c4ccccc4)n3)c2)c([2H])c1[2H]. The van der Waals surface area contributed by atoms with Gasteiger partial charge in [0.15, 0.2) is 17.5 Å². The zero-order chi connectivity index (χ0) is 39.9. The van der Waals surface area contributed by atoms with Gasteiger partial charge >= 0.3 is 0 Å². The van der Waals surface area contributed by atoms with Crippen molar-refractivity contribution in [1.29, 1.82) is 0 Å². The van der Waals surface area contributed by atoms with E-state index in [1.807, 2.05) is 36.4 Å². The molecule has 4 nitrogen and oxygen atoms in total. The Morgan fingerprint density at radius 1 is 0.442 bits per heavy atom. The van der Waals surface area contributed by atoms with Gasteiger partial charge in [0, 0.05) is 27.5 Å². The second-order valence-electron chi connectivity index (χ2n) is 9.55. The lowest BCUT2D eigenvalue weighted by Crippen LogP contribution is -2.04. The topological polar surface area (TPSA) is 43.6 Å². The van der Waals surface area contributed by atoms with Gasteiger partial charge in [-0.2, -0.15) is 0 Å². The third-order valence-electron chi connectivity index (χ3n) is 7.00. The molecule has 6 aromatic carbocycles. The van der Waals surface area contributed by atoms with Crippen molar-refractivity contribution in [3.63, 3.8) is 0 Å². The van der Waals surface area contributed by atoms with Crippen LogP contribution in [0.5, 0.6) is 0 Å². The maximum absolute atomic E-state index is 9.09. The van der Waals surface area contributed by atoms with Gasteiger partial charge < -0.3 is 4.57 Å². The van der Waals surface area contributed by atoms with Crippen molar-refractivity contribution in [1.82, 2.24) is 19.5 Å². The third kappa shape index (κ3) is 4.46. The molecule has 0 unspecified atom stereocenters. The summed E-state index contributed by atoms with van der Waals surface area (Å²) >= 11 is 0. The molecule has 2 heterocycles. The summed E-state index contributed by atoms with van der Waals surface area (Å²) in [6, 6.07) is 15.5. The second-order valence-corrected chi connectivity index (χ2v) is 9.55. The highest BCUT2D eigenvalue weighted by Gasteiger charge is 2.20. The molecule has 0 fully saturated rings. The molecule has 2 aromatic heterocycles. The smallest absolute Gasteiger partial charge is 0.166 e. The Balaban J connectivity index is 1.59. The summed E-state index contributed by atoms with van der Waals surface area (Å²) in [5, 5.41) is -0.270. The number of nitrogens with zero attached hydrogens (tertiary/aromatic N) is 4. The molecule has 43 heavy (non-hydrogen) atoms. The number of hydrogen-bond donors (Lipinski definition) is 0. The Labute approximate surface area is 267 Å². The summed E-state index contributed by atoms with van der Waals surface area (Å²) in [5.74, 6) is 0.512. The van der Waals surface area contributed by atoms with E-state index < -0.39 is 78.6 Å². The largest absolute Gasteiger partial charge is 0.309 e. The first-order valence-corrected chi connectivity index (χ1v) is 13.3. The molecule has 0 aliphatic rings. The van der Waals surface area contributed by atoms with Crippen molar-refractivity contribution >= 4 is 21.8 Å². The van der Waals surface area contributed by atoms with Gasteiger partial charge in [0.25, 0.3) is 0 Å². The maximum atomic E-state index is 9.09. The highest BCUT2D eigenvalue weighted by Crippen LogP contribution is 2.38. The van der Waals surface area contributed by atoms with E-state index in [1.165, 1.54) is 22.8 Å². The first-order chi connectivity index (χ1) is 26.7. The van der Waals surface area contributed by atoms with E-state index in [0.29, 0.717) is 11.1 Å². The van der Waals surface area contributed by atoms with Gasteiger partial charge in [0.1, 0.15) is 0 Å². The average molecular weight is 564 g/mol. The van der Waals surface area contributed by atoms with Crippen LogP contribution in [-0.2, 0) is 0 Å². The van der Waals surface area contributed by atoms with Gasteiger partial charge in [0.05, 0.1) is 34.5 Å². The van der Waals surface area contributed by atoms with Gasteiger partial charge in [-0.3, -0.25) is 0 Å². The van der Waals surface area contributed by atoms with E-state index >= 15 is 0 Å². The van der Waals surface area contributed by atoms with Gasteiger partial charge in [-0.1, -0.05) is 133 Å². The number of hydrogen-bond acceptors (Lipinski definition) is 3. The van der Waals surface area contributed by atoms with Crippen LogP contribution in [-0.4, -0.2) is 19.5 Å². The Hall–Kier alpha value is -5.87. The normalized spacial score (nSPS) is 15.5. The Morgan fingerprint density at radius 3 is 1.53 bits per heavy atom. The van der Waals surface area contributed by atoms with Crippen LogP contribution in [0, 0.1) is 0 Å². The number of fused-ring (bicyclic) bond motifs is 3. The van der Waals surface area contributed by atoms with Crippen LogP contribution in [0.1, 0.15) is 17.8 Å². The Bertz CT molecular complexity index is 2790. The van der Waals surface area contributed by atoms with Gasteiger partial charge in [-0.05, 0) is 35.3 Å². The van der Waals surface area contributed by atoms with E-state index in [-0.39, 0.29) is 61.7 Å². The minimum Gasteiger partial charge on any atom is -0.309 e. The number of para-hydroxylation sites is 2. The molecule has 202 valence electrons. The van der Waals surface area contributed by atoms with Gasteiger partial charge in [-0.25, -0.2) is 15.0 Å². The fourth-order valence-electron chi connectivity index (χ4n) is 5.05. The van der Waals surface area contributed by atoms with Crippen LogP contribution >= 0.6 is 0 Å². The molecule has 0 atom stereocenters. The average Bonchev–Trinajstić information content (AvgIpc) is 3.59. The number of rotatable bonds is 5. The minimum atomic E-state index is -0.600. The lowest BCUT2D eigenvalue weighted by atomic mass is 10.0. The van der Waals surface area contributed by atoms with Crippen molar-refractivity contribution in [2.24, 2.45) is 0 Å². The molecular weight excluding hydrogens is 524 g/mol. The summed E-state index contributed by atoms with van der Waals surface area (Å²) < 4.78 is 114. The molecule has 0 aliphatic heterocycles. The Morgan fingerprint density at radius 2 is 0.953 bits per heavy atom. The number of benzene rings is 6. The molecule has 0 saturated carbocycles. The number of aromatic nitrogens is 4. The van der Waals surface area contributed by atoms with Crippen molar-refractivity contribution in [2.45, 2.75) is 0 Å². The zero-order valence-corrected chi connectivity index (χ0v) is 22.3. The summed E-state index contributed by atoms with van der Waals surface area (Å²) in [7, 11) is 0. The van der Waals surface area contributed by atoms with Crippen LogP contribution in [0.3, 0.4) is 0 Å². The molecule has 0 N–H and O–H groups in total. The molecule has 8 aromatic rings. The van der Waals surface area contributed by atoms with Crippen LogP contribution < -0.4 is 0 Å². The fourth-order valence-corrected chi connectivity index (χ4v) is 5.05. The van der Waals surface area contributed by atoms with Crippen LogP contribution in [0.15, 0.2) is 157 Å². The molecule has 0 radical (unpaired) electrons. The first kappa shape index (κ1) is 14.9. The van der Waals surface area contributed by atoms with E-state index in [0.717, 1.165) is 0 Å². The predicted octanol–water partition coefficient (Wildman–Crippen LogP) is 9.64. The van der Waals surface area contributed by atoms with Crippen molar-refractivity contribution < 1.29 is 17.8 Å². The molecule has 0 bridgehead atoms. The highest BCUT2D eigenvalue weighted by molar-refractivity contribution is 6.09. The van der Waals surface area contributed by atoms with E-state index in [9.17, 15) is 0 Å². The summed E-state index contributed by atoms with van der Waals surface area (Å²) in [5.41, 5.74) is 1.23. The molecule has 0 amide bonds. The van der Waals surface area contributed by atoms with E-state index in [1.54, 1.807) is 24.3 Å². The van der Waals surface area contributed by atoms with Crippen LogP contribution in [0.25, 0.3) is 72.8 Å². The monoisotopic (exact) mass is 563 g/mol. The standard InChI is InChI=1S/C39H26N4/c1-4-14-27(15-5-1)30-24-25-36(43-34-22-12-10-20-31(34)32-21-11-13-23-35(32)43)33(26-30)39-41-37(28-16-6-2-7-17-28)40-38(42-39)29-18-8-3-9-19-29/h1-26H/i1D,4D,5D,10D,11D,12D,13D,14D,15D,20D,21D,22D,23D. The maximum Gasteiger partial charge on any atom is 0.166 e. The Kier molecular flexibility index (Phi) is 3.63. The lowest BCUT2D eigenvalue weighted by Gasteiger charge is -2.16. The van der Waals surface area contributed by atoms with Crippen LogP contribution in [0.4, 0.5) is 0 Å². The predicted molar refractivity (Wildman–Crippen MR) is 176 cm³/mol. The van der Waals surface area contributed by atoms with Gasteiger partial charge in [0.2, 0.25) is 0 Å². The quantitative estimate of drug-likeness (QED) is 0.209. The van der Waals surface area contributed by atoms with Gasteiger partial charge in [-0.15, -0.1) is 0 Å². The molecule has 4 heteroatoms. The van der Waals surface area contributed by atoms with Crippen molar-refractivity contribution in [3.8, 4) is 51.0 Å². The van der Waals surface area contributed by atoms with Crippen LogP contribution in [0.2, 0.25) is 0 Å². The molecule has 0 saturated heterocycles. The third-order valence-corrected chi connectivity index (χ3v) is 7.00. The lowest BCUT2D eigenvalue weighted by molar-refractivity contribution is 1.06. The van der Waals surface area contributed by atoms with E-state index in [4.69, 9.17) is 32.8 Å².